The van der Waals surface area contributed by atoms with E-state index in [1.54, 1.807) is 20.8 Å². The van der Waals surface area contributed by atoms with Crippen LogP contribution in [0.15, 0.2) is 11.9 Å². The van der Waals surface area contributed by atoms with E-state index in [0.29, 0.717) is 17.7 Å². The molecule has 0 aromatic carbocycles. The molecule has 1 aliphatic rings. The Morgan fingerprint density at radius 1 is 1.12 bits per heavy atom. The highest BCUT2D eigenvalue weighted by atomic mass is 31.2. The van der Waals surface area contributed by atoms with E-state index in [2.05, 4.69) is 11.9 Å². The molecule has 0 heterocycles. The number of hydrogen-bond acceptors (Lipinski definition) is 5. The second-order valence-corrected chi connectivity index (χ2v) is 8.07. The topological polar surface area (TPSA) is 73.9 Å². The van der Waals surface area contributed by atoms with Crippen molar-refractivity contribution >= 4 is 13.7 Å². The van der Waals surface area contributed by atoms with Gasteiger partial charge in [-0.3, -0.25) is 4.57 Å². The first kappa shape index (κ1) is 21.2. The van der Waals surface area contributed by atoms with Crippen molar-refractivity contribution in [3.05, 3.63) is 11.9 Å². The summed E-state index contributed by atoms with van der Waals surface area (Å²) in [6, 6.07) is -0.476. The fraction of sp³-hybridized carbons (Fsp3) is 0.824. The molecule has 0 aromatic heterocycles. The molecular weight excluding hydrogens is 329 g/mol. The summed E-state index contributed by atoms with van der Waals surface area (Å²) in [5, 5.41) is 3.10. The van der Waals surface area contributed by atoms with E-state index in [-0.39, 0.29) is 19.8 Å². The third-order valence-corrected chi connectivity index (χ3v) is 6.42. The lowest BCUT2D eigenvalue weighted by Crippen LogP contribution is -2.38. The Bertz CT molecular complexity index is 438. The van der Waals surface area contributed by atoms with Crippen molar-refractivity contribution in [3.8, 4) is 0 Å². The number of carbonyl (C=O) groups excluding carboxylic acids is 1. The van der Waals surface area contributed by atoms with Gasteiger partial charge in [-0.05, 0) is 33.1 Å². The zero-order valence-electron chi connectivity index (χ0n) is 15.2. The van der Waals surface area contributed by atoms with Gasteiger partial charge < -0.3 is 19.1 Å². The summed E-state index contributed by atoms with van der Waals surface area (Å²) in [6.07, 6.45) is 6.02. The molecule has 1 aliphatic carbocycles. The number of ether oxygens (including phenoxy) is 1. The Kier molecular flexibility index (Phi) is 9.64. The monoisotopic (exact) mass is 361 g/mol. The van der Waals surface area contributed by atoms with E-state index in [4.69, 9.17) is 13.8 Å². The van der Waals surface area contributed by atoms with E-state index < -0.39 is 19.7 Å². The Morgan fingerprint density at radius 3 is 2.21 bits per heavy atom. The van der Waals surface area contributed by atoms with Gasteiger partial charge in [0.05, 0.1) is 31.2 Å². The fourth-order valence-electron chi connectivity index (χ4n) is 3.08. The van der Waals surface area contributed by atoms with Crippen LogP contribution in [0.3, 0.4) is 0 Å². The van der Waals surface area contributed by atoms with Crippen LogP contribution in [0, 0.1) is 5.92 Å². The van der Waals surface area contributed by atoms with Crippen LogP contribution < -0.4 is 5.32 Å². The molecule has 1 atom stereocenters. The highest BCUT2D eigenvalue weighted by Crippen LogP contribution is 2.57. The number of nitrogens with one attached hydrogen (secondary N) is 1. The third kappa shape index (κ3) is 6.58. The number of hydrogen-bond donors (Lipinski definition) is 1. The third-order valence-electron chi connectivity index (χ3n) is 4.21. The zero-order chi connectivity index (χ0) is 18.0. The average molecular weight is 361 g/mol. The second-order valence-electron chi connectivity index (χ2n) is 5.98. The maximum Gasteiger partial charge on any atom is 0.407 e. The maximum absolute atomic E-state index is 13.0. The lowest BCUT2D eigenvalue weighted by atomic mass is 9.85. The number of rotatable bonds is 10. The van der Waals surface area contributed by atoms with Gasteiger partial charge in [0.1, 0.15) is 0 Å². The SMILES string of the molecule is C=C(C(CC1CCCCC1)NC(=O)OCC)P(=O)(OCC)OCC. The maximum atomic E-state index is 13.0. The molecular formula is C17H32NO5P. The van der Waals surface area contributed by atoms with Gasteiger partial charge in [0.2, 0.25) is 0 Å². The smallest absolute Gasteiger partial charge is 0.407 e. The molecule has 1 N–H and O–H groups in total. The minimum atomic E-state index is -3.47. The Morgan fingerprint density at radius 2 is 1.71 bits per heavy atom. The molecule has 7 heteroatoms. The van der Waals surface area contributed by atoms with Gasteiger partial charge in [-0.15, -0.1) is 0 Å². The molecule has 0 bridgehead atoms. The number of alkyl carbamates (subject to hydrolysis) is 1. The predicted octanol–water partition coefficient (Wildman–Crippen LogP) is 4.85. The lowest BCUT2D eigenvalue weighted by Gasteiger charge is -2.30. The first-order valence-electron chi connectivity index (χ1n) is 8.98. The minimum absolute atomic E-state index is 0.256. The lowest BCUT2D eigenvalue weighted by molar-refractivity contribution is 0.147. The molecule has 0 spiro atoms. The largest absolute Gasteiger partial charge is 0.450 e. The summed E-state index contributed by atoms with van der Waals surface area (Å²) >= 11 is 0. The van der Waals surface area contributed by atoms with Crippen LogP contribution in [0.2, 0.25) is 0 Å². The predicted molar refractivity (Wildman–Crippen MR) is 95.1 cm³/mol. The van der Waals surface area contributed by atoms with Gasteiger partial charge in [-0.1, -0.05) is 38.7 Å². The van der Waals surface area contributed by atoms with Crippen LogP contribution in [0.4, 0.5) is 4.79 Å². The van der Waals surface area contributed by atoms with Crippen molar-refractivity contribution < 1.29 is 23.1 Å². The molecule has 1 amide bonds. The summed E-state index contributed by atoms with van der Waals surface area (Å²) in [6.45, 7) is 10.0. The molecule has 1 rings (SSSR count). The number of amides is 1. The number of carbonyl (C=O) groups is 1. The van der Waals surface area contributed by atoms with Crippen molar-refractivity contribution in [1.29, 1.82) is 0 Å². The fourth-order valence-corrected chi connectivity index (χ4v) is 4.72. The van der Waals surface area contributed by atoms with Gasteiger partial charge in [0.15, 0.2) is 0 Å². The van der Waals surface area contributed by atoms with Crippen LogP contribution in [0.25, 0.3) is 0 Å². The van der Waals surface area contributed by atoms with Gasteiger partial charge >= 0.3 is 13.7 Å². The molecule has 140 valence electrons. The van der Waals surface area contributed by atoms with E-state index in [1.807, 2.05) is 0 Å². The molecule has 24 heavy (non-hydrogen) atoms. The summed E-state index contributed by atoms with van der Waals surface area (Å²) < 4.78 is 28.8. The van der Waals surface area contributed by atoms with Gasteiger partial charge in [0.25, 0.3) is 0 Å². The van der Waals surface area contributed by atoms with Crippen molar-refractivity contribution in [1.82, 2.24) is 5.32 Å². The van der Waals surface area contributed by atoms with Crippen LogP contribution in [-0.2, 0) is 18.3 Å². The minimum Gasteiger partial charge on any atom is -0.450 e. The normalized spacial score (nSPS) is 17.3. The molecule has 1 saturated carbocycles. The van der Waals surface area contributed by atoms with Crippen molar-refractivity contribution in [3.63, 3.8) is 0 Å². The molecule has 0 radical (unpaired) electrons. The van der Waals surface area contributed by atoms with E-state index >= 15 is 0 Å². The first-order chi connectivity index (χ1) is 11.5. The summed E-state index contributed by atoms with van der Waals surface area (Å²) in [4.78, 5) is 11.9. The van der Waals surface area contributed by atoms with E-state index in [0.717, 1.165) is 12.8 Å². The summed E-state index contributed by atoms with van der Waals surface area (Å²) in [5.41, 5.74) is 0. The van der Waals surface area contributed by atoms with Crippen LogP contribution >= 0.6 is 7.60 Å². The van der Waals surface area contributed by atoms with Gasteiger partial charge in [-0.25, -0.2) is 4.79 Å². The summed E-state index contributed by atoms with van der Waals surface area (Å²) in [5.74, 6) is 0.471. The molecule has 0 aliphatic heterocycles. The van der Waals surface area contributed by atoms with Crippen molar-refractivity contribution in [2.24, 2.45) is 5.92 Å². The first-order valence-corrected chi connectivity index (χ1v) is 10.5. The van der Waals surface area contributed by atoms with Crippen molar-refractivity contribution in [2.45, 2.75) is 65.3 Å². The Labute approximate surface area is 145 Å². The summed E-state index contributed by atoms with van der Waals surface area (Å²) in [7, 11) is -3.47. The molecule has 0 aromatic rings. The standard InChI is InChI=1S/C17H32NO5P/c1-5-21-17(19)18-16(13-15-11-9-8-10-12-15)14(4)24(20,22-6-2)23-7-3/h15-16H,4-13H2,1-3H3,(H,18,19). The van der Waals surface area contributed by atoms with Crippen LogP contribution in [-0.4, -0.2) is 32.0 Å². The van der Waals surface area contributed by atoms with E-state index in [1.165, 1.54) is 19.3 Å². The average Bonchev–Trinajstić information content (AvgIpc) is 2.55. The van der Waals surface area contributed by atoms with Gasteiger partial charge in [0, 0.05) is 0 Å². The Balaban J connectivity index is 2.89. The zero-order valence-corrected chi connectivity index (χ0v) is 16.1. The highest BCUT2D eigenvalue weighted by Gasteiger charge is 2.36. The second kappa shape index (κ2) is 10.9. The molecule has 1 unspecified atom stereocenters. The highest BCUT2D eigenvalue weighted by molar-refractivity contribution is 7.58. The van der Waals surface area contributed by atoms with E-state index in [9.17, 15) is 9.36 Å². The van der Waals surface area contributed by atoms with Crippen molar-refractivity contribution in [2.75, 3.05) is 19.8 Å². The quantitative estimate of drug-likeness (QED) is 0.563. The molecule has 1 fully saturated rings. The molecule has 6 nitrogen and oxygen atoms in total. The van der Waals surface area contributed by atoms with Gasteiger partial charge in [-0.2, -0.15) is 0 Å². The van der Waals surface area contributed by atoms with Crippen LogP contribution in [0.1, 0.15) is 59.3 Å². The Hall–Kier alpha value is -0.840. The molecule has 0 saturated heterocycles. The van der Waals surface area contributed by atoms with Crippen LogP contribution in [0.5, 0.6) is 0 Å².